The molecule has 0 spiro atoms. The zero-order chi connectivity index (χ0) is 13.0. The fourth-order valence-electron chi connectivity index (χ4n) is 2.74. The van der Waals surface area contributed by atoms with Crippen molar-refractivity contribution in [2.24, 2.45) is 5.92 Å². The van der Waals surface area contributed by atoms with Crippen molar-refractivity contribution < 1.29 is 0 Å². The standard InChI is InChI=1S/C16H25NS/c1-4-17-15(10-9-12(2)3)14-11-18-16-8-6-5-7-13(14)16/h5-8,12,14-15,17H,4,9-11H2,1-3H3. The monoisotopic (exact) mass is 263 g/mol. The fraction of sp³-hybridized carbons (Fsp3) is 0.625. The molecule has 0 fully saturated rings. The maximum atomic E-state index is 3.71. The number of rotatable bonds is 6. The minimum absolute atomic E-state index is 0.647. The second-order valence-electron chi connectivity index (χ2n) is 5.59. The summed E-state index contributed by atoms with van der Waals surface area (Å²) in [6.45, 7) is 7.93. The second kappa shape index (κ2) is 6.63. The van der Waals surface area contributed by atoms with Crippen molar-refractivity contribution in [3.63, 3.8) is 0 Å². The van der Waals surface area contributed by atoms with Gasteiger partial charge in [-0.1, -0.05) is 39.0 Å². The summed E-state index contributed by atoms with van der Waals surface area (Å²) in [5.41, 5.74) is 1.57. The van der Waals surface area contributed by atoms with Gasteiger partial charge in [0, 0.05) is 22.6 Å². The van der Waals surface area contributed by atoms with Gasteiger partial charge in [0.15, 0.2) is 0 Å². The SMILES string of the molecule is CCNC(CCC(C)C)C1CSc2ccccc21. The number of hydrogen-bond donors (Lipinski definition) is 1. The predicted molar refractivity (Wildman–Crippen MR) is 81.4 cm³/mol. The number of thioether (sulfide) groups is 1. The third kappa shape index (κ3) is 3.30. The van der Waals surface area contributed by atoms with Crippen molar-refractivity contribution in [2.75, 3.05) is 12.3 Å². The summed E-state index contributed by atoms with van der Waals surface area (Å²) >= 11 is 2.02. The summed E-state index contributed by atoms with van der Waals surface area (Å²) in [6, 6.07) is 9.58. The molecule has 2 heteroatoms. The predicted octanol–water partition coefficient (Wildman–Crippen LogP) is 4.29. The molecule has 0 aromatic heterocycles. The smallest absolute Gasteiger partial charge is 0.0144 e. The summed E-state index contributed by atoms with van der Waals surface area (Å²) in [5, 5.41) is 3.71. The molecule has 1 N–H and O–H groups in total. The van der Waals surface area contributed by atoms with Gasteiger partial charge < -0.3 is 5.32 Å². The average Bonchev–Trinajstić information content (AvgIpc) is 2.78. The molecular weight excluding hydrogens is 238 g/mol. The van der Waals surface area contributed by atoms with Gasteiger partial charge in [0.05, 0.1) is 0 Å². The normalized spacial score (nSPS) is 20.1. The van der Waals surface area contributed by atoms with Gasteiger partial charge in [-0.25, -0.2) is 0 Å². The lowest BCUT2D eigenvalue weighted by atomic mass is 9.88. The molecule has 1 aromatic rings. The van der Waals surface area contributed by atoms with Crippen molar-refractivity contribution in [3.8, 4) is 0 Å². The highest BCUT2D eigenvalue weighted by Crippen LogP contribution is 2.42. The second-order valence-corrected chi connectivity index (χ2v) is 6.65. The van der Waals surface area contributed by atoms with Crippen molar-refractivity contribution >= 4 is 11.8 Å². The molecule has 0 aliphatic carbocycles. The Morgan fingerprint density at radius 2 is 2.06 bits per heavy atom. The largest absolute Gasteiger partial charge is 0.314 e. The molecule has 1 aliphatic heterocycles. The Bertz CT molecular complexity index is 375. The summed E-state index contributed by atoms with van der Waals surface area (Å²) in [4.78, 5) is 1.50. The van der Waals surface area contributed by atoms with E-state index in [9.17, 15) is 0 Å². The Hall–Kier alpha value is -0.470. The topological polar surface area (TPSA) is 12.0 Å². The number of likely N-dealkylation sites (N-methyl/N-ethyl adjacent to an activating group) is 1. The van der Waals surface area contributed by atoms with Crippen LogP contribution in [-0.2, 0) is 0 Å². The maximum absolute atomic E-state index is 3.71. The molecule has 2 rings (SSSR count). The third-order valence-electron chi connectivity index (χ3n) is 3.74. The van der Waals surface area contributed by atoms with Crippen LogP contribution in [0.4, 0.5) is 0 Å². The van der Waals surface area contributed by atoms with E-state index in [2.05, 4.69) is 50.4 Å². The molecule has 1 heterocycles. The van der Waals surface area contributed by atoms with Crippen LogP contribution in [0.25, 0.3) is 0 Å². The number of nitrogens with one attached hydrogen (secondary N) is 1. The fourth-order valence-corrected chi connectivity index (χ4v) is 4.07. The van der Waals surface area contributed by atoms with Gasteiger partial charge in [-0.2, -0.15) is 0 Å². The summed E-state index contributed by atoms with van der Waals surface area (Å²) < 4.78 is 0. The molecule has 0 radical (unpaired) electrons. The summed E-state index contributed by atoms with van der Waals surface area (Å²) in [7, 11) is 0. The molecule has 1 aromatic carbocycles. The van der Waals surface area contributed by atoms with E-state index < -0.39 is 0 Å². The molecule has 0 saturated carbocycles. The quantitative estimate of drug-likeness (QED) is 0.821. The van der Waals surface area contributed by atoms with E-state index in [4.69, 9.17) is 0 Å². The highest BCUT2D eigenvalue weighted by molar-refractivity contribution is 7.99. The Labute approximate surface area is 116 Å². The first-order chi connectivity index (χ1) is 8.72. The summed E-state index contributed by atoms with van der Waals surface area (Å²) in [5.74, 6) is 2.75. The highest BCUT2D eigenvalue weighted by Gasteiger charge is 2.29. The van der Waals surface area contributed by atoms with E-state index in [-0.39, 0.29) is 0 Å². The van der Waals surface area contributed by atoms with Crippen LogP contribution in [0.3, 0.4) is 0 Å². The van der Waals surface area contributed by atoms with E-state index in [1.165, 1.54) is 23.5 Å². The van der Waals surface area contributed by atoms with Crippen LogP contribution in [0.2, 0.25) is 0 Å². The molecule has 1 nitrogen and oxygen atoms in total. The Balaban J connectivity index is 2.07. The molecule has 2 unspecified atom stereocenters. The lowest BCUT2D eigenvalue weighted by Crippen LogP contribution is -2.35. The van der Waals surface area contributed by atoms with Crippen LogP contribution in [0.15, 0.2) is 29.2 Å². The number of fused-ring (bicyclic) bond motifs is 1. The molecule has 1 aliphatic rings. The van der Waals surface area contributed by atoms with Crippen molar-refractivity contribution in [2.45, 2.75) is 50.5 Å². The molecule has 0 bridgehead atoms. The number of benzene rings is 1. The van der Waals surface area contributed by atoms with Gasteiger partial charge in [-0.3, -0.25) is 0 Å². The first-order valence-electron chi connectivity index (χ1n) is 7.17. The van der Waals surface area contributed by atoms with E-state index in [0.29, 0.717) is 12.0 Å². The van der Waals surface area contributed by atoms with E-state index >= 15 is 0 Å². The van der Waals surface area contributed by atoms with Crippen LogP contribution in [0, 0.1) is 5.92 Å². The number of hydrogen-bond acceptors (Lipinski definition) is 2. The molecule has 100 valence electrons. The molecule has 18 heavy (non-hydrogen) atoms. The molecule has 0 saturated heterocycles. The molecule has 0 amide bonds. The van der Waals surface area contributed by atoms with Crippen LogP contribution in [-0.4, -0.2) is 18.3 Å². The first kappa shape index (κ1) is 14.0. The Kier molecular flexibility index (Phi) is 5.13. The minimum atomic E-state index is 0.647. The van der Waals surface area contributed by atoms with Gasteiger partial charge in [0.25, 0.3) is 0 Å². The maximum Gasteiger partial charge on any atom is 0.0144 e. The van der Waals surface area contributed by atoms with Gasteiger partial charge in [-0.05, 0) is 36.9 Å². The lowest BCUT2D eigenvalue weighted by molar-refractivity contribution is 0.398. The first-order valence-corrected chi connectivity index (χ1v) is 8.16. The van der Waals surface area contributed by atoms with Crippen molar-refractivity contribution in [3.05, 3.63) is 29.8 Å². The van der Waals surface area contributed by atoms with Crippen LogP contribution in [0.1, 0.15) is 45.1 Å². The van der Waals surface area contributed by atoms with Gasteiger partial charge in [0.2, 0.25) is 0 Å². The Morgan fingerprint density at radius 1 is 1.28 bits per heavy atom. The van der Waals surface area contributed by atoms with Crippen LogP contribution >= 0.6 is 11.8 Å². The van der Waals surface area contributed by atoms with E-state index in [1.54, 1.807) is 5.56 Å². The van der Waals surface area contributed by atoms with Crippen LogP contribution in [0.5, 0.6) is 0 Å². The Morgan fingerprint density at radius 3 is 2.78 bits per heavy atom. The van der Waals surface area contributed by atoms with Crippen LogP contribution < -0.4 is 5.32 Å². The van der Waals surface area contributed by atoms with E-state index in [1.807, 2.05) is 11.8 Å². The van der Waals surface area contributed by atoms with Crippen molar-refractivity contribution in [1.29, 1.82) is 0 Å². The zero-order valence-electron chi connectivity index (χ0n) is 11.8. The van der Waals surface area contributed by atoms with Crippen molar-refractivity contribution in [1.82, 2.24) is 5.32 Å². The van der Waals surface area contributed by atoms with Gasteiger partial charge in [-0.15, -0.1) is 11.8 Å². The zero-order valence-corrected chi connectivity index (χ0v) is 12.6. The van der Waals surface area contributed by atoms with Gasteiger partial charge in [0.1, 0.15) is 0 Å². The molecule has 2 atom stereocenters. The van der Waals surface area contributed by atoms with Gasteiger partial charge >= 0.3 is 0 Å². The minimum Gasteiger partial charge on any atom is -0.314 e. The average molecular weight is 263 g/mol. The third-order valence-corrected chi connectivity index (χ3v) is 4.95. The lowest BCUT2D eigenvalue weighted by Gasteiger charge is -2.25. The van der Waals surface area contributed by atoms with E-state index in [0.717, 1.165) is 12.5 Å². The molecular formula is C16H25NS. The summed E-state index contributed by atoms with van der Waals surface area (Å²) in [6.07, 6.45) is 2.62. The highest BCUT2D eigenvalue weighted by atomic mass is 32.2.